The Hall–Kier alpha value is -1.13. The number of rotatable bonds is 7. The third-order valence-electron chi connectivity index (χ3n) is 3.00. The quantitative estimate of drug-likeness (QED) is 0.784. The molecule has 112 valence electrons. The first-order chi connectivity index (χ1) is 9.41. The lowest BCUT2D eigenvalue weighted by atomic mass is 10.2. The molecule has 0 unspecified atom stereocenters. The molecule has 1 aromatic carbocycles. The van der Waals surface area contributed by atoms with Crippen molar-refractivity contribution in [1.82, 2.24) is 10.2 Å². The highest BCUT2D eigenvalue weighted by Crippen LogP contribution is 2.20. The molecule has 0 aliphatic rings. The van der Waals surface area contributed by atoms with E-state index in [0.29, 0.717) is 23.0 Å². The summed E-state index contributed by atoms with van der Waals surface area (Å²) < 4.78 is 13.6. The van der Waals surface area contributed by atoms with Crippen molar-refractivity contribution < 1.29 is 9.18 Å². The van der Waals surface area contributed by atoms with Gasteiger partial charge in [-0.25, -0.2) is 4.39 Å². The summed E-state index contributed by atoms with van der Waals surface area (Å²) in [5.41, 5.74) is 0.366. The highest BCUT2D eigenvalue weighted by Gasteiger charge is 2.13. The first-order valence-electron chi connectivity index (χ1n) is 6.82. The molecule has 0 aliphatic heterocycles. The van der Waals surface area contributed by atoms with E-state index >= 15 is 0 Å². The van der Waals surface area contributed by atoms with Crippen molar-refractivity contribution in [3.8, 4) is 0 Å². The molecule has 0 atom stereocenters. The molecule has 1 amide bonds. The van der Waals surface area contributed by atoms with Crippen LogP contribution in [0.2, 0.25) is 5.02 Å². The van der Waals surface area contributed by atoms with E-state index in [0.717, 1.165) is 13.0 Å². The third kappa shape index (κ3) is 5.47. The minimum Gasteiger partial charge on any atom is -0.341 e. The van der Waals surface area contributed by atoms with Crippen molar-refractivity contribution in [2.45, 2.75) is 39.3 Å². The Morgan fingerprint density at radius 2 is 2.15 bits per heavy atom. The van der Waals surface area contributed by atoms with Crippen LogP contribution in [0.15, 0.2) is 18.2 Å². The summed E-state index contributed by atoms with van der Waals surface area (Å²) in [6.45, 7) is 5.13. The number of nitrogens with one attached hydrogen (secondary N) is 1. The maximum absolute atomic E-state index is 13.6. The molecular formula is C15H22ClFN2O. The molecule has 5 heteroatoms. The Balaban J connectivity index is 2.45. The lowest BCUT2D eigenvalue weighted by Crippen LogP contribution is -2.29. The molecule has 0 radical (unpaired) electrons. The van der Waals surface area contributed by atoms with Crippen molar-refractivity contribution in [1.29, 1.82) is 0 Å². The number of hydrogen-bond donors (Lipinski definition) is 1. The van der Waals surface area contributed by atoms with Gasteiger partial charge in [0, 0.05) is 36.6 Å². The van der Waals surface area contributed by atoms with Crippen molar-refractivity contribution in [2.24, 2.45) is 0 Å². The number of halogens is 2. The van der Waals surface area contributed by atoms with Crippen LogP contribution >= 0.6 is 11.6 Å². The smallest absolute Gasteiger partial charge is 0.222 e. The van der Waals surface area contributed by atoms with Gasteiger partial charge in [0.05, 0.1) is 0 Å². The topological polar surface area (TPSA) is 32.3 Å². The second-order valence-electron chi connectivity index (χ2n) is 5.16. The van der Waals surface area contributed by atoms with Gasteiger partial charge in [-0.15, -0.1) is 0 Å². The zero-order valence-corrected chi connectivity index (χ0v) is 13.0. The van der Waals surface area contributed by atoms with E-state index < -0.39 is 0 Å². The predicted molar refractivity (Wildman–Crippen MR) is 80.3 cm³/mol. The van der Waals surface area contributed by atoms with Gasteiger partial charge in [-0.2, -0.15) is 0 Å². The van der Waals surface area contributed by atoms with Crippen LogP contribution in [-0.4, -0.2) is 30.4 Å². The molecule has 1 N–H and O–H groups in total. The lowest BCUT2D eigenvalue weighted by molar-refractivity contribution is -0.130. The predicted octanol–water partition coefficient (Wildman–Crippen LogP) is 3.22. The normalized spacial score (nSPS) is 10.9. The standard InChI is InChI=1S/C15H22ClFN2O/c1-11(2)18-9-5-8-15(20)19(3)10-12-13(16)6-4-7-14(12)17/h4,6-7,11,18H,5,8-10H2,1-3H3. The van der Waals surface area contributed by atoms with Crippen LogP contribution < -0.4 is 5.32 Å². The SMILES string of the molecule is CC(C)NCCCC(=O)N(C)Cc1c(F)cccc1Cl. The Morgan fingerprint density at radius 3 is 2.75 bits per heavy atom. The van der Waals surface area contributed by atoms with E-state index in [1.807, 2.05) is 0 Å². The lowest BCUT2D eigenvalue weighted by Gasteiger charge is -2.18. The van der Waals surface area contributed by atoms with Crippen LogP contribution in [0.1, 0.15) is 32.3 Å². The second kappa shape index (κ2) is 8.22. The first-order valence-corrected chi connectivity index (χ1v) is 7.20. The fraction of sp³-hybridized carbons (Fsp3) is 0.533. The van der Waals surface area contributed by atoms with Gasteiger partial charge >= 0.3 is 0 Å². The zero-order chi connectivity index (χ0) is 15.1. The van der Waals surface area contributed by atoms with Crippen LogP contribution in [0.4, 0.5) is 4.39 Å². The first kappa shape index (κ1) is 16.9. The Labute approximate surface area is 125 Å². The number of carbonyl (C=O) groups is 1. The van der Waals surface area contributed by atoms with Crippen LogP contribution in [0.3, 0.4) is 0 Å². The summed E-state index contributed by atoms with van der Waals surface area (Å²) in [4.78, 5) is 13.5. The summed E-state index contributed by atoms with van der Waals surface area (Å²) in [6.07, 6.45) is 1.22. The van der Waals surface area contributed by atoms with Crippen molar-refractivity contribution >= 4 is 17.5 Å². The summed E-state index contributed by atoms with van der Waals surface area (Å²) in [7, 11) is 1.67. The maximum atomic E-state index is 13.6. The number of benzene rings is 1. The highest BCUT2D eigenvalue weighted by molar-refractivity contribution is 6.31. The van der Waals surface area contributed by atoms with Gasteiger partial charge in [0.15, 0.2) is 0 Å². The summed E-state index contributed by atoms with van der Waals surface area (Å²) in [5.74, 6) is -0.381. The maximum Gasteiger partial charge on any atom is 0.222 e. The Bertz CT molecular complexity index is 431. The number of hydrogen-bond acceptors (Lipinski definition) is 2. The van der Waals surface area contributed by atoms with Gasteiger partial charge in [0.25, 0.3) is 0 Å². The van der Waals surface area contributed by atoms with Gasteiger partial charge in [-0.3, -0.25) is 4.79 Å². The molecule has 0 bridgehead atoms. The Kier molecular flexibility index (Phi) is 6.96. The van der Waals surface area contributed by atoms with Crippen LogP contribution in [0.25, 0.3) is 0 Å². The van der Waals surface area contributed by atoms with Gasteiger partial charge in [0.2, 0.25) is 5.91 Å². The third-order valence-corrected chi connectivity index (χ3v) is 3.36. The average Bonchev–Trinajstić information content (AvgIpc) is 2.38. The fourth-order valence-corrected chi connectivity index (χ4v) is 2.05. The second-order valence-corrected chi connectivity index (χ2v) is 5.57. The van der Waals surface area contributed by atoms with Gasteiger partial charge in [-0.05, 0) is 25.1 Å². The highest BCUT2D eigenvalue weighted by atomic mass is 35.5. The van der Waals surface area contributed by atoms with Crippen LogP contribution in [-0.2, 0) is 11.3 Å². The molecule has 0 saturated carbocycles. The monoisotopic (exact) mass is 300 g/mol. The summed E-state index contributed by atoms with van der Waals surface area (Å²) >= 11 is 5.95. The van der Waals surface area contributed by atoms with Gasteiger partial charge in [0.1, 0.15) is 5.82 Å². The van der Waals surface area contributed by atoms with Gasteiger partial charge < -0.3 is 10.2 Å². The van der Waals surface area contributed by atoms with Gasteiger partial charge in [-0.1, -0.05) is 31.5 Å². The van der Waals surface area contributed by atoms with Crippen LogP contribution in [0.5, 0.6) is 0 Å². The number of amides is 1. The minimum absolute atomic E-state index is 0.00474. The van der Waals surface area contributed by atoms with E-state index in [9.17, 15) is 9.18 Å². The fourth-order valence-electron chi connectivity index (χ4n) is 1.83. The zero-order valence-electron chi connectivity index (χ0n) is 12.2. The van der Waals surface area contributed by atoms with E-state index in [1.54, 1.807) is 19.2 Å². The molecule has 1 rings (SSSR count). The Morgan fingerprint density at radius 1 is 1.45 bits per heavy atom. The van der Waals surface area contributed by atoms with E-state index in [2.05, 4.69) is 19.2 Å². The van der Waals surface area contributed by atoms with Crippen molar-refractivity contribution in [2.75, 3.05) is 13.6 Å². The molecule has 1 aromatic rings. The minimum atomic E-state index is -0.376. The largest absolute Gasteiger partial charge is 0.341 e. The average molecular weight is 301 g/mol. The molecule has 0 spiro atoms. The van der Waals surface area contributed by atoms with Crippen molar-refractivity contribution in [3.63, 3.8) is 0 Å². The van der Waals surface area contributed by atoms with E-state index in [1.165, 1.54) is 11.0 Å². The molecule has 3 nitrogen and oxygen atoms in total. The molecule has 0 heterocycles. The van der Waals surface area contributed by atoms with Crippen molar-refractivity contribution in [3.05, 3.63) is 34.6 Å². The molecule has 0 aromatic heterocycles. The molecule has 0 aliphatic carbocycles. The molecule has 0 fully saturated rings. The molecular weight excluding hydrogens is 279 g/mol. The summed E-state index contributed by atoms with van der Waals surface area (Å²) in [5, 5.41) is 3.61. The number of nitrogens with zero attached hydrogens (tertiary/aromatic N) is 1. The summed E-state index contributed by atoms with van der Waals surface area (Å²) in [6, 6.07) is 4.96. The molecule has 0 saturated heterocycles. The molecule has 20 heavy (non-hydrogen) atoms. The number of carbonyl (C=O) groups excluding carboxylic acids is 1. The van der Waals surface area contributed by atoms with E-state index in [-0.39, 0.29) is 18.3 Å². The van der Waals surface area contributed by atoms with E-state index in [4.69, 9.17) is 11.6 Å². The van der Waals surface area contributed by atoms with Crippen LogP contribution in [0, 0.1) is 5.82 Å².